The van der Waals surface area contributed by atoms with Crippen molar-refractivity contribution < 1.29 is 14.3 Å². The second-order valence-electron chi connectivity index (χ2n) is 7.81. The number of anilines is 2. The zero-order valence-electron chi connectivity index (χ0n) is 18.4. The first kappa shape index (κ1) is 22.9. The Morgan fingerprint density at radius 1 is 1.10 bits per heavy atom. The number of hydrogen-bond acceptors (Lipinski definition) is 4. The van der Waals surface area contributed by atoms with Gasteiger partial charge in [-0.15, -0.1) is 0 Å². The van der Waals surface area contributed by atoms with Gasteiger partial charge in [0.25, 0.3) is 5.91 Å². The van der Waals surface area contributed by atoms with Crippen LogP contribution in [-0.4, -0.2) is 49.5 Å². The Balaban J connectivity index is 1.64. The lowest BCUT2D eigenvalue weighted by molar-refractivity contribution is -0.131. The Labute approximate surface area is 189 Å². The largest absolute Gasteiger partial charge is 0.483 e. The number of rotatable bonds is 7. The Morgan fingerprint density at radius 2 is 1.84 bits per heavy atom. The van der Waals surface area contributed by atoms with Crippen LogP contribution in [0.4, 0.5) is 11.4 Å². The van der Waals surface area contributed by atoms with Crippen molar-refractivity contribution in [1.29, 1.82) is 0 Å². The quantitative estimate of drug-likeness (QED) is 0.687. The predicted octanol–water partition coefficient (Wildman–Crippen LogP) is 4.42. The second kappa shape index (κ2) is 10.5. The van der Waals surface area contributed by atoms with Crippen molar-refractivity contribution in [2.24, 2.45) is 0 Å². The first-order valence-electron chi connectivity index (χ1n) is 10.7. The lowest BCUT2D eigenvalue weighted by Gasteiger charge is -2.37. The molecule has 0 aromatic heterocycles. The smallest absolute Gasteiger partial charge is 0.262 e. The van der Waals surface area contributed by atoms with Crippen molar-refractivity contribution in [2.75, 3.05) is 43.0 Å². The summed E-state index contributed by atoms with van der Waals surface area (Å²) in [4.78, 5) is 28.8. The SMILES string of the molecule is CCCC(=O)N1CCN(c2ccc(Cl)cc2NC(=O)COc2cccc(C)c2C)CC1. The summed E-state index contributed by atoms with van der Waals surface area (Å²) >= 11 is 6.20. The van der Waals surface area contributed by atoms with Crippen molar-refractivity contribution in [3.05, 3.63) is 52.5 Å². The van der Waals surface area contributed by atoms with Crippen LogP contribution in [0.25, 0.3) is 0 Å². The minimum Gasteiger partial charge on any atom is -0.483 e. The van der Waals surface area contributed by atoms with E-state index in [4.69, 9.17) is 16.3 Å². The molecule has 6 nitrogen and oxygen atoms in total. The molecule has 0 saturated carbocycles. The third-order valence-electron chi connectivity index (χ3n) is 5.58. The number of amides is 2. The summed E-state index contributed by atoms with van der Waals surface area (Å²) in [6.45, 7) is 8.67. The van der Waals surface area contributed by atoms with Crippen LogP contribution in [-0.2, 0) is 9.59 Å². The van der Waals surface area contributed by atoms with Gasteiger partial charge in [-0.2, -0.15) is 0 Å². The fourth-order valence-corrected chi connectivity index (χ4v) is 3.84. The molecule has 166 valence electrons. The number of benzene rings is 2. The van der Waals surface area contributed by atoms with E-state index >= 15 is 0 Å². The van der Waals surface area contributed by atoms with E-state index in [0.29, 0.717) is 49.1 Å². The maximum atomic E-state index is 12.6. The van der Waals surface area contributed by atoms with Crippen LogP contribution in [0.3, 0.4) is 0 Å². The van der Waals surface area contributed by atoms with E-state index in [0.717, 1.165) is 23.2 Å². The summed E-state index contributed by atoms with van der Waals surface area (Å²) in [5.41, 5.74) is 3.68. The first-order chi connectivity index (χ1) is 14.9. The lowest BCUT2D eigenvalue weighted by Crippen LogP contribution is -2.49. The van der Waals surface area contributed by atoms with Crippen molar-refractivity contribution >= 4 is 34.8 Å². The number of nitrogens with zero attached hydrogens (tertiary/aromatic N) is 2. The fraction of sp³-hybridized carbons (Fsp3) is 0.417. The molecule has 0 spiro atoms. The molecule has 2 aromatic rings. The number of nitrogens with one attached hydrogen (secondary N) is 1. The van der Waals surface area contributed by atoms with Gasteiger partial charge in [0.15, 0.2) is 6.61 Å². The maximum absolute atomic E-state index is 12.6. The minimum atomic E-state index is -0.249. The van der Waals surface area contributed by atoms with Gasteiger partial charge in [0.1, 0.15) is 5.75 Å². The Morgan fingerprint density at radius 3 is 2.55 bits per heavy atom. The van der Waals surface area contributed by atoms with Crippen LogP contribution in [0, 0.1) is 13.8 Å². The molecule has 0 aliphatic carbocycles. The van der Waals surface area contributed by atoms with Gasteiger partial charge in [0.05, 0.1) is 11.4 Å². The van der Waals surface area contributed by atoms with E-state index in [2.05, 4.69) is 10.2 Å². The molecule has 1 saturated heterocycles. The van der Waals surface area contributed by atoms with Gasteiger partial charge in [-0.3, -0.25) is 9.59 Å². The number of halogens is 1. The van der Waals surface area contributed by atoms with Crippen molar-refractivity contribution in [3.63, 3.8) is 0 Å². The molecular formula is C24H30ClN3O3. The van der Waals surface area contributed by atoms with Crippen LogP contribution < -0.4 is 15.0 Å². The van der Waals surface area contributed by atoms with Crippen molar-refractivity contribution in [3.8, 4) is 5.75 Å². The van der Waals surface area contributed by atoms with Gasteiger partial charge in [-0.1, -0.05) is 30.7 Å². The van der Waals surface area contributed by atoms with E-state index in [1.807, 2.05) is 56.0 Å². The molecule has 1 aliphatic heterocycles. The molecular weight excluding hydrogens is 414 g/mol. The number of piperazine rings is 1. The summed E-state index contributed by atoms with van der Waals surface area (Å²) in [5.74, 6) is 0.658. The van der Waals surface area contributed by atoms with Crippen LogP contribution in [0.15, 0.2) is 36.4 Å². The van der Waals surface area contributed by atoms with E-state index < -0.39 is 0 Å². The molecule has 7 heteroatoms. The molecule has 0 atom stereocenters. The first-order valence-corrected chi connectivity index (χ1v) is 11.1. The molecule has 0 radical (unpaired) electrons. The second-order valence-corrected chi connectivity index (χ2v) is 8.25. The summed E-state index contributed by atoms with van der Waals surface area (Å²) in [6, 6.07) is 11.3. The van der Waals surface area contributed by atoms with Crippen LogP contribution in [0.1, 0.15) is 30.9 Å². The summed E-state index contributed by atoms with van der Waals surface area (Å²) in [5, 5.41) is 3.48. The summed E-state index contributed by atoms with van der Waals surface area (Å²) in [6.07, 6.45) is 1.44. The fourth-order valence-electron chi connectivity index (χ4n) is 3.66. The van der Waals surface area contributed by atoms with Gasteiger partial charge >= 0.3 is 0 Å². The van der Waals surface area contributed by atoms with E-state index in [1.165, 1.54) is 0 Å². The maximum Gasteiger partial charge on any atom is 0.262 e. The Bertz CT molecular complexity index is 940. The molecule has 3 rings (SSSR count). The minimum absolute atomic E-state index is 0.0878. The third kappa shape index (κ3) is 5.91. The topological polar surface area (TPSA) is 61.9 Å². The predicted molar refractivity (Wildman–Crippen MR) is 125 cm³/mol. The van der Waals surface area contributed by atoms with Gasteiger partial charge in [-0.05, 0) is 55.7 Å². The molecule has 31 heavy (non-hydrogen) atoms. The van der Waals surface area contributed by atoms with E-state index in [1.54, 1.807) is 6.07 Å². The highest BCUT2D eigenvalue weighted by Crippen LogP contribution is 2.30. The zero-order valence-corrected chi connectivity index (χ0v) is 19.2. The molecule has 1 aliphatic rings. The van der Waals surface area contributed by atoms with Gasteiger partial charge in [-0.25, -0.2) is 0 Å². The molecule has 2 aromatic carbocycles. The van der Waals surface area contributed by atoms with Crippen LogP contribution in [0.2, 0.25) is 5.02 Å². The zero-order chi connectivity index (χ0) is 22.4. The Kier molecular flexibility index (Phi) is 7.80. The lowest BCUT2D eigenvalue weighted by atomic mass is 10.1. The average Bonchev–Trinajstić information content (AvgIpc) is 2.75. The van der Waals surface area contributed by atoms with E-state index in [9.17, 15) is 9.59 Å². The summed E-state index contributed by atoms with van der Waals surface area (Å²) in [7, 11) is 0. The number of carbonyl (C=O) groups excluding carboxylic acids is 2. The van der Waals surface area contributed by atoms with E-state index in [-0.39, 0.29) is 18.4 Å². The third-order valence-corrected chi connectivity index (χ3v) is 5.82. The van der Waals surface area contributed by atoms with Gasteiger partial charge < -0.3 is 19.9 Å². The molecule has 0 bridgehead atoms. The van der Waals surface area contributed by atoms with Crippen molar-refractivity contribution in [1.82, 2.24) is 4.90 Å². The number of hydrogen-bond donors (Lipinski definition) is 1. The van der Waals surface area contributed by atoms with Gasteiger partial charge in [0.2, 0.25) is 5.91 Å². The molecule has 1 heterocycles. The van der Waals surface area contributed by atoms with Gasteiger partial charge in [0, 0.05) is 37.6 Å². The summed E-state index contributed by atoms with van der Waals surface area (Å²) < 4.78 is 5.73. The molecule has 1 fully saturated rings. The molecule has 1 N–H and O–H groups in total. The highest BCUT2D eigenvalue weighted by atomic mass is 35.5. The van der Waals surface area contributed by atoms with Crippen LogP contribution >= 0.6 is 11.6 Å². The molecule has 0 unspecified atom stereocenters. The normalized spacial score (nSPS) is 13.8. The highest BCUT2D eigenvalue weighted by Gasteiger charge is 2.23. The standard InChI is InChI=1S/C24H30ClN3O3/c1-4-6-24(30)28-13-11-27(12-14-28)21-10-9-19(25)15-20(21)26-23(29)16-31-22-8-5-7-17(2)18(22)3/h5,7-10,15H,4,6,11-14,16H2,1-3H3,(H,26,29). The number of carbonyl (C=O) groups is 2. The number of ether oxygens (including phenoxy) is 1. The van der Waals surface area contributed by atoms with Crippen LogP contribution in [0.5, 0.6) is 5.75 Å². The monoisotopic (exact) mass is 443 g/mol. The molecule has 2 amide bonds. The highest BCUT2D eigenvalue weighted by molar-refractivity contribution is 6.31. The number of aryl methyl sites for hydroxylation is 1. The average molecular weight is 444 g/mol. The Hall–Kier alpha value is -2.73. The van der Waals surface area contributed by atoms with Crippen molar-refractivity contribution in [2.45, 2.75) is 33.6 Å².